The summed E-state index contributed by atoms with van der Waals surface area (Å²) in [6.45, 7) is 0. The number of hydrogen-bond donors (Lipinski definition) is 0. The van der Waals surface area contributed by atoms with E-state index < -0.39 is 17.9 Å². The molecule has 0 spiro atoms. The van der Waals surface area contributed by atoms with Gasteiger partial charge in [-0.2, -0.15) is 0 Å². The van der Waals surface area contributed by atoms with Gasteiger partial charge in [0, 0.05) is 5.54 Å². The highest BCUT2D eigenvalue weighted by atomic mass is 35.5. The van der Waals surface area contributed by atoms with Gasteiger partial charge in [-0.15, -0.1) is 13.2 Å². The molecule has 0 radical (unpaired) electrons. The fourth-order valence-electron chi connectivity index (χ4n) is 2.73. The third-order valence-corrected chi connectivity index (χ3v) is 3.92. The molecule has 0 atom stereocenters. The molecular weight excluding hydrogens is 308 g/mol. The first-order valence-corrected chi connectivity index (χ1v) is 7.15. The summed E-state index contributed by atoms with van der Waals surface area (Å²) in [7, 11) is 0. The van der Waals surface area contributed by atoms with E-state index in [2.05, 4.69) is 4.74 Å². The quantitative estimate of drug-likeness (QED) is 0.644. The van der Waals surface area contributed by atoms with Gasteiger partial charge in [-0.1, -0.05) is 23.7 Å². The van der Waals surface area contributed by atoms with Crippen molar-refractivity contribution in [2.75, 3.05) is 0 Å². The molecule has 116 valence electrons. The molecular formula is C15H15ClF4O. The zero-order valence-corrected chi connectivity index (χ0v) is 11.9. The molecule has 0 aromatic heterocycles. The van der Waals surface area contributed by atoms with Crippen molar-refractivity contribution in [3.8, 4) is 5.75 Å². The molecule has 1 aromatic rings. The van der Waals surface area contributed by atoms with Crippen LogP contribution < -0.4 is 4.74 Å². The zero-order chi connectivity index (χ0) is 15.5. The van der Waals surface area contributed by atoms with Crippen LogP contribution in [0.3, 0.4) is 0 Å². The second-order valence-electron chi connectivity index (χ2n) is 5.17. The molecule has 1 aromatic carbocycles. The molecule has 0 N–H and O–H groups in total. The Kier molecular flexibility index (Phi) is 5.14. The lowest BCUT2D eigenvalue weighted by Gasteiger charge is -2.27. The summed E-state index contributed by atoms with van der Waals surface area (Å²) < 4.78 is 53.6. The summed E-state index contributed by atoms with van der Waals surface area (Å²) in [5.41, 5.74) is 2.23. The van der Waals surface area contributed by atoms with Gasteiger partial charge >= 0.3 is 6.36 Å². The van der Waals surface area contributed by atoms with E-state index in [1.165, 1.54) is 11.6 Å². The Morgan fingerprint density at radius 1 is 1.14 bits per heavy atom. The second-order valence-corrected chi connectivity index (χ2v) is 5.42. The summed E-state index contributed by atoms with van der Waals surface area (Å²) in [4.78, 5) is 0. The average Bonchev–Trinajstić information content (AvgIpc) is 2.41. The van der Waals surface area contributed by atoms with Crippen LogP contribution in [0.1, 0.15) is 37.2 Å². The van der Waals surface area contributed by atoms with Crippen molar-refractivity contribution in [1.29, 1.82) is 0 Å². The average molecular weight is 323 g/mol. The lowest BCUT2D eigenvalue weighted by atomic mass is 9.79. The Morgan fingerprint density at radius 2 is 1.81 bits per heavy atom. The number of hydrogen-bond acceptors (Lipinski definition) is 1. The van der Waals surface area contributed by atoms with E-state index in [4.69, 9.17) is 11.6 Å². The van der Waals surface area contributed by atoms with Crippen LogP contribution in [0.5, 0.6) is 5.75 Å². The Balaban J connectivity index is 2.04. The molecule has 0 heterocycles. The van der Waals surface area contributed by atoms with Gasteiger partial charge in [0.25, 0.3) is 0 Å². The SMILES string of the molecule is Fc1cc([C@H]2CC[C@H](/C=C/Cl)CC2)ccc1OC(F)(F)F. The minimum absolute atomic E-state index is 0.166. The van der Waals surface area contributed by atoms with E-state index in [1.807, 2.05) is 6.08 Å². The normalized spacial score (nSPS) is 23.5. The van der Waals surface area contributed by atoms with Crippen LogP contribution in [0, 0.1) is 11.7 Å². The van der Waals surface area contributed by atoms with E-state index in [-0.39, 0.29) is 5.92 Å². The summed E-state index contributed by atoms with van der Waals surface area (Å²) in [6, 6.07) is 3.69. The molecule has 6 heteroatoms. The first-order chi connectivity index (χ1) is 9.89. The van der Waals surface area contributed by atoms with Gasteiger partial charge in [0.15, 0.2) is 11.6 Å². The van der Waals surface area contributed by atoms with Crippen LogP contribution in [-0.4, -0.2) is 6.36 Å². The number of alkyl halides is 3. The van der Waals surface area contributed by atoms with Crippen LogP contribution in [0.2, 0.25) is 0 Å². The van der Waals surface area contributed by atoms with Gasteiger partial charge in [-0.3, -0.25) is 0 Å². The Hall–Kier alpha value is -1.23. The minimum atomic E-state index is -4.88. The summed E-state index contributed by atoms with van der Waals surface area (Å²) >= 11 is 5.54. The fraction of sp³-hybridized carbons (Fsp3) is 0.467. The van der Waals surface area contributed by atoms with Crippen LogP contribution in [-0.2, 0) is 0 Å². The number of rotatable bonds is 3. The zero-order valence-electron chi connectivity index (χ0n) is 11.2. The van der Waals surface area contributed by atoms with Gasteiger partial charge in [0.1, 0.15) is 0 Å². The first-order valence-electron chi connectivity index (χ1n) is 6.71. The summed E-state index contributed by atoms with van der Waals surface area (Å²) in [6.07, 6.45) is 0.676. The molecule has 0 bridgehead atoms. The number of halogens is 5. The van der Waals surface area contributed by atoms with Crippen LogP contribution >= 0.6 is 11.6 Å². The number of allylic oxidation sites excluding steroid dienone is 1. The monoisotopic (exact) mass is 322 g/mol. The smallest absolute Gasteiger partial charge is 0.403 e. The number of ether oxygens (including phenoxy) is 1. The van der Waals surface area contributed by atoms with Gasteiger partial charge in [0.05, 0.1) is 0 Å². The molecule has 0 amide bonds. The molecule has 0 unspecified atom stereocenters. The molecule has 2 rings (SSSR count). The Labute approximate surface area is 125 Å². The molecule has 0 saturated heterocycles. The van der Waals surface area contributed by atoms with Crippen molar-refractivity contribution in [2.45, 2.75) is 38.0 Å². The van der Waals surface area contributed by atoms with E-state index in [0.29, 0.717) is 5.92 Å². The molecule has 1 saturated carbocycles. The Bertz CT molecular complexity index is 505. The predicted octanol–water partition coefficient (Wildman–Crippen LogP) is 5.75. The van der Waals surface area contributed by atoms with Crippen molar-refractivity contribution in [3.63, 3.8) is 0 Å². The fourth-order valence-corrected chi connectivity index (χ4v) is 2.93. The number of benzene rings is 1. The lowest BCUT2D eigenvalue weighted by Crippen LogP contribution is -2.18. The van der Waals surface area contributed by atoms with Crippen molar-refractivity contribution >= 4 is 11.6 Å². The van der Waals surface area contributed by atoms with Crippen molar-refractivity contribution in [3.05, 3.63) is 41.2 Å². The highest BCUT2D eigenvalue weighted by molar-refractivity contribution is 6.25. The third-order valence-electron chi connectivity index (χ3n) is 3.77. The first kappa shape index (κ1) is 16.1. The van der Waals surface area contributed by atoms with Crippen LogP contribution in [0.25, 0.3) is 0 Å². The molecule has 21 heavy (non-hydrogen) atoms. The van der Waals surface area contributed by atoms with Crippen molar-refractivity contribution < 1.29 is 22.3 Å². The van der Waals surface area contributed by atoms with Crippen LogP contribution in [0.15, 0.2) is 29.8 Å². The standard InChI is InChI=1S/C15H15ClF4O/c16-8-7-10-1-3-11(4-2-10)12-5-6-14(13(17)9-12)21-15(18,19)20/h5-11H,1-4H2/b8-7+/t10-,11-. The van der Waals surface area contributed by atoms with E-state index >= 15 is 0 Å². The molecule has 1 fully saturated rings. The Morgan fingerprint density at radius 3 is 2.33 bits per heavy atom. The van der Waals surface area contributed by atoms with E-state index in [0.717, 1.165) is 43.4 Å². The predicted molar refractivity (Wildman–Crippen MR) is 72.8 cm³/mol. The molecule has 0 aliphatic heterocycles. The second kappa shape index (κ2) is 6.69. The van der Waals surface area contributed by atoms with Gasteiger partial charge in [0.2, 0.25) is 0 Å². The maximum Gasteiger partial charge on any atom is 0.573 e. The topological polar surface area (TPSA) is 9.23 Å². The van der Waals surface area contributed by atoms with E-state index in [9.17, 15) is 17.6 Å². The van der Waals surface area contributed by atoms with Crippen molar-refractivity contribution in [1.82, 2.24) is 0 Å². The molecule has 1 aliphatic carbocycles. The van der Waals surface area contributed by atoms with Crippen LogP contribution in [0.4, 0.5) is 17.6 Å². The molecule has 1 aliphatic rings. The maximum atomic E-state index is 13.7. The highest BCUT2D eigenvalue weighted by Gasteiger charge is 2.32. The van der Waals surface area contributed by atoms with Gasteiger partial charge in [-0.05, 0) is 55.2 Å². The summed E-state index contributed by atoms with van der Waals surface area (Å²) in [5.74, 6) is -1.17. The highest BCUT2D eigenvalue weighted by Crippen LogP contribution is 2.38. The lowest BCUT2D eigenvalue weighted by molar-refractivity contribution is -0.275. The van der Waals surface area contributed by atoms with E-state index in [1.54, 1.807) is 0 Å². The molecule has 1 nitrogen and oxygen atoms in total. The van der Waals surface area contributed by atoms with Gasteiger partial charge in [-0.25, -0.2) is 4.39 Å². The maximum absolute atomic E-state index is 13.7. The van der Waals surface area contributed by atoms with Crippen molar-refractivity contribution in [2.24, 2.45) is 5.92 Å². The summed E-state index contributed by atoms with van der Waals surface area (Å²) in [5, 5.41) is 0. The largest absolute Gasteiger partial charge is 0.573 e. The van der Waals surface area contributed by atoms with Gasteiger partial charge < -0.3 is 4.74 Å². The minimum Gasteiger partial charge on any atom is -0.403 e. The third kappa shape index (κ3) is 4.63.